The summed E-state index contributed by atoms with van der Waals surface area (Å²) >= 11 is 0. The van der Waals surface area contributed by atoms with Crippen molar-refractivity contribution < 1.29 is 19.1 Å². The first kappa shape index (κ1) is 24.9. The van der Waals surface area contributed by atoms with Gasteiger partial charge < -0.3 is 14.4 Å². The summed E-state index contributed by atoms with van der Waals surface area (Å²) in [6.45, 7) is 7.10. The van der Waals surface area contributed by atoms with Gasteiger partial charge in [0.1, 0.15) is 0 Å². The van der Waals surface area contributed by atoms with Gasteiger partial charge in [-0.25, -0.2) is 0 Å². The number of carbonyl (C=O) groups excluding carboxylic acids is 2. The van der Waals surface area contributed by atoms with Crippen molar-refractivity contribution in [1.29, 1.82) is 0 Å². The molecule has 1 aliphatic heterocycles. The van der Waals surface area contributed by atoms with Gasteiger partial charge in [-0.3, -0.25) is 14.5 Å². The third kappa shape index (κ3) is 6.21. The molecule has 2 aromatic rings. The van der Waals surface area contributed by atoms with E-state index in [9.17, 15) is 9.59 Å². The molecule has 1 heterocycles. The number of ketones is 1. The molecule has 1 atom stereocenters. The summed E-state index contributed by atoms with van der Waals surface area (Å²) < 4.78 is 10.5. The topological polar surface area (TPSA) is 59.1 Å². The maximum absolute atomic E-state index is 13.8. The van der Waals surface area contributed by atoms with Gasteiger partial charge in [0.15, 0.2) is 5.78 Å². The zero-order valence-electron chi connectivity index (χ0n) is 20.3. The van der Waals surface area contributed by atoms with E-state index in [0.717, 1.165) is 48.7 Å². The fraction of sp³-hybridized carbons (Fsp3) is 0.481. The molecule has 6 nitrogen and oxygen atoms in total. The lowest BCUT2D eigenvalue weighted by atomic mass is 9.80. The highest BCUT2D eigenvalue weighted by molar-refractivity contribution is 6.03. The van der Waals surface area contributed by atoms with Gasteiger partial charge in [0, 0.05) is 37.7 Å². The molecule has 0 aliphatic carbocycles. The highest BCUT2D eigenvalue weighted by Gasteiger charge is 2.39. The SMILES string of the molecule is CCC(Cc1ccc(CCOC(C)=O)cc1)(C(=O)c1ccc(N2CCOCC2)cc1)N(C)C. The number of nitrogens with zero attached hydrogens (tertiary/aromatic N) is 2. The van der Waals surface area contributed by atoms with Crippen LogP contribution in [-0.4, -0.2) is 69.2 Å². The van der Waals surface area contributed by atoms with E-state index < -0.39 is 5.54 Å². The third-order valence-corrected chi connectivity index (χ3v) is 6.58. The Kier molecular flexibility index (Phi) is 8.64. The van der Waals surface area contributed by atoms with Crippen molar-refractivity contribution in [2.75, 3.05) is 51.9 Å². The average Bonchev–Trinajstić information content (AvgIpc) is 2.83. The van der Waals surface area contributed by atoms with Gasteiger partial charge in [-0.05, 0) is 62.3 Å². The molecule has 0 N–H and O–H groups in total. The number of hydrogen-bond acceptors (Lipinski definition) is 6. The predicted molar refractivity (Wildman–Crippen MR) is 131 cm³/mol. The molecule has 33 heavy (non-hydrogen) atoms. The molecule has 2 aromatic carbocycles. The molecular weight excluding hydrogens is 416 g/mol. The second kappa shape index (κ2) is 11.4. The molecule has 0 aromatic heterocycles. The van der Waals surface area contributed by atoms with Crippen LogP contribution in [0.15, 0.2) is 48.5 Å². The van der Waals surface area contributed by atoms with Gasteiger partial charge >= 0.3 is 5.97 Å². The number of ether oxygens (including phenoxy) is 2. The number of rotatable bonds is 10. The van der Waals surface area contributed by atoms with Crippen LogP contribution < -0.4 is 4.90 Å². The standard InChI is InChI=1S/C27H36N2O4/c1-5-27(28(3)4,20-23-8-6-22(7-9-23)14-17-33-21(2)30)26(31)24-10-12-25(13-11-24)29-15-18-32-19-16-29/h6-13H,5,14-20H2,1-4H3. The number of benzene rings is 2. The van der Waals surface area contributed by atoms with Crippen LogP contribution >= 0.6 is 0 Å². The van der Waals surface area contributed by atoms with Crippen LogP contribution in [0.4, 0.5) is 5.69 Å². The van der Waals surface area contributed by atoms with E-state index in [1.54, 1.807) is 0 Å². The number of hydrogen-bond donors (Lipinski definition) is 0. The average molecular weight is 453 g/mol. The van der Waals surface area contributed by atoms with E-state index in [1.165, 1.54) is 6.92 Å². The van der Waals surface area contributed by atoms with Crippen LogP contribution in [0.1, 0.15) is 41.8 Å². The summed E-state index contributed by atoms with van der Waals surface area (Å²) in [4.78, 5) is 29.1. The van der Waals surface area contributed by atoms with Crippen molar-refractivity contribution in [3.8, 4) is 0 Å². The van der Waals surface area contributed by atoms with Gasteiger partial charge in [0.2, 0.25) is 0 Å². The second-order valence-electron chi connectivity index (χ2n) is 8.84. The molecule has 3 rings (SSSR count). The Labute approximate surface area is 197 Å². The van der Waals surface area contributed by atoms with Crippen LogP contribution in [0.2, 0.25) is 0 Å². The fourth-order valence-electron chi connectivity index (χ4n) is 4.43. The highest BCUT2D eigenvalue weighted by atomic mass is 16.5. The summed E-state index contributed by atoms with van der Waals surface area (Å²) in [5.41, 5.74) is 3.46. The zero-order chi connectivity index (χ0) is 23.8. The van der Waals surface area contributed by atoms with Crippen LogP contribution in [0.25, 0.3) is 0 Å². The Hall–Kier alpha value is -2.70. The molecule has 1 saturated heterocycles. The maximum atomic E-state index is 13.8. The van der Waals surface area contributed by atoms with Gasteiger partial charge in [-0.15, -0.1) is 0 Å². The summed E-state index contributed by atoms with van der Waals surface area (Å²) in [5, 5.41) is 0. The minimum Gasteiger partial charge on any atom is -0.466 e. The summed E-state index contributed by atoms with van der Waals surface area (Å²) in [7, 11) is 3.97. The Bertz CT molecular complexity index is 918. The van der Waals surface area contributed by atoms with E-state index in [2.05, 4.69) is 41.0 Å². The van der Waals surface area contributed by atoms with E-state index in [-0.39, 0.29) is 11.8 Å². The second-order valence-corrected chi connectivity index (χ2v) is 8.84. The molecule has 0 bridgehead atoms. The molecule has 0 saturated carbocycles. The van der Waals surface area contributed by atoms with Crippen LogP contribution in [0.3, 0.4) is 0 Å². The number of morpholine rings is 1. The molecule has 0 amide bonds. The van der Waals surface area contributed by atoms with Gasteiger partial charge in [-0.2, -0.15) is 0 Å². The fourth-order valence-corrected chi connectivity index (χ4v) is 4.43. The first-order valence-electron chi connectivity index (χ1n) is 11.7. The monoisotopic (exact) mass is 452 g/mol. The molecule has 178 valence electrons. The molecule has 0 radical (unpaired) electrons. The molecule has 1 fully saturated rings. The lowest BCUT2D eigenvalue weighted by Crippen LogP contribution is -2.52. The highest BCUT2D eigenvalue weighted by Crippen LogP contribution is 2.29. The van der Waals surface area contributed by atoms with Crippen molar-refractivity contribution in [2.24, 2.45) is 0 Å². The largest absolute Gasteiger partial charge is 0.466 e. The smallest absolute Gasteiger partial charge is 0.302 e. The summed E-state index contributed by atoms with van der Waals surface area (Å²) in [6.07, 6.45) is 2.02. The Morgan fingerprint density at radius 2 is 1.61 bits per heavy atom. The van der Waals surface area contributed by atoms with Crippen LogP contribution in [0.5, 0.6) is 0 Å². The lowest BCUT2D eigenvalue weighted by molar-refractivity contribution is -0.140. The normalized spacial score (nSPS) is 15.8. The van der Waals surface area contributed by atoms with Crippen molar-refractivity contribution in [1.82, 2.24) is 4.90 Å². The Morgan fingerprint density at radius 3 is 2.15 bits per heavy atom. The van der Waals surface area contributed by atoms with Gasteiger partial charge in [0.25, 0.3) is 0 Å². The van der Waals surface area contributed by atoms with Crippen molar-refractivity contribution in [3.05, 3.63) is 65.2 Å². The molecule has 6 heteroatoms. The lowest BCUT2D eigenvalue weighted by Gasteiger charge is -2.38. The van der Waals surface area contributed by atoms with Crippen molar-refractivity contribution in [2.45, 2.75) is 38.6 Å². The first-order valence-corrected chi connectivity index (χ1v) is 11.7. The van der Waals surface area contributed by atoms with E-state index in [0.29, 0.717) is 25.9 Å². The van der Waals surface area contributed by atoms with E-state index in [1.807, 2.05) is 38.4 Å². The Morgan fingerprint density at radius 1 is 1.00 bits per heavy atom. The predicted octanol–water partition coefficient (Wildman–Crippen LogP) is 3.76. The maximum Gasteiger partial charge on any atom is 0.302 e. The zero-order valence-corrected chi connectivity index (χ0v) is 20.3. The van der Waals surface area contributed by atoms with E-state index in [4.69, 9.17) is 9.47 Å². The number of anilines is 1. The van der Waals surface area contributed by atoms with E-state index >= 15 is 0 Å². The molecule has 1 unspecified atom stereocenters. The van der Waals surface area contributed by atoms with Gasteiger partial charge in [0.05, 0.1) is 25.4 Å². The first-order chi connectivity index (χ1) is 15.9. The summed E-state index contributed by atoms with van der Waals surface area (Å²) in [5.74, 6) is -0.121. The molecular formula is C27H36N2O4. The van der Waals surface area contributed by atoms with Crippen molar-refractivity contribution >= 4 is 17.4 Å². The number of likely N-dealkylation sites (N-methyl/N-ethyl adjacent to an activating group) is 1. The number of Topliss-reactive ketones (excluding diaryl/α,β-unsaturated/α-hetero) is 1. The third-order valence-electron chi connectivity index (χ3n) is 6.58. The van der Waals surface area contributed by atoms with Crippen LogP contribution in [-0.2, 0) is 27.1 Å². The number of esters is 1. The minimum atomic E-state index is -0.625. The van der Waals surface area contributed by atoms with Gasteiger partial charge in [-0.1, -0.05) is 31.2 Å². The molecule has 1 aliphatic rings. The number of carbonyl (C=O) groups is 2. The van der Waals surface area contributed by atoms with Crippen molar-refractivity contribution in [3.63, 3.8) is 0 Å². The molecule has 0 spiro atoms. The Balaban J connectivity index is 1.75. The summed E-state index contributed by atoms with van der Waals surface area (Å²) in [6, 6.07) is 16.3. The minimum absolute atomic E-state index is 0.141. The quantitative estimate of drug-likeness (QED) is 0.404. The van der Waals surface area contributed by atoms with Crippen LogP contribution in [0, 0.1) is 0 Å².